The van der Waals surface area contributed by atoms with Crippen molar-refractivity contribution < 1.29 is 18.4 Å². The van der Waals surface area contributed by atoms with Gasteiger partial charge in [-0.2, -0.15) is 0 Å². The molecular formula is C16H21F2N3O2. The molecule has 1 aromatic rings. The number of urea groups is 1. The van der Waals surface area contributed by atoms with Gasteiger partial charge in [-0.25, -0.2) is 13.6 Å². The Hall–Kier alpha value is -2.18. The SMILES string of the molecule is CC(=O)N1CCC(NC(=O)Nc2ccc(C(C)(F)F)cc2)CC1. The number of hydrogen-bond acceptors (Lipinski definition) is 2. The second kappa shape index (κ2) is 6.93. The maximum atomic E-state index is 13.1. The van der Waals surface area contributed by atoms with Crippen LogP contribution >= 0.6 is 0 Å². The normalized spacial score (nSPS) is 16.1. The number of rotatable bonds is 3. The van der Waals surface area contributed by atoms with E-state index in [0.29, 0.717) is 31.6 Å². The van der Waals surface area contributed by atoms with Gasteiger partial charge in [0.25, 0.3) is 5.92 Å². The number of amides is 3. The van der Waals surface area contributed by atoms with Crippen LogP contribution in [0.5, 0.6) is 0 Å². The molecule has 1 aromatic carbocycles. The van der Waals surface area contributed by atoms with Crippen LogP contribution in [0, 0.1) is 0 Å². The summed E-state index contributed by atoms with van der Waals surface area (Å²) in [6.45, 7) is 3.61. The zero-order valence-electron chi connectivity index (χ0n) is 13.2. The molecule has 7 heteroatoms. The molecule has 0 aliphatic carbocycles. The molecule has 1 aliphatic rings. The third-order valence-electron chi connectivity index (χ3n) is 3.93. The van der Waals surface area contributed by atoms with Crippen molar-refractivity contribution >= 4 is 17.6 Å². The Morgan fingerprint density at radius 1 is 1.17 bits per heavy atom. The first-order valence-electron chi connectivity index (χ1n) is 7.57. The van der Waals surface area contributed by atoms with Crippen molar-refractivity contribution in [1.29, 1.82) is 0 Å². The molecule has 2 rings (SSSR count). The van der Waals surface area contributed by atoms with E-state index in [-0.39, 0.29) is 23.5 Å². The fraction of sp³-hybridized carbons (Fsp3) is 0.500. The monoisotopic (exact) mass is 325 g/mol. The van der Waals surface area contributed by atoms with Crippen molar-refractivity contribution in [2.24, 2.45) is 0 Å². The molecule has 1 heterocycles. The second-order valence-electron chi connectivity index (χ2n) is 5.84. The summed E-state index contributed by atoms with van der Waals surface area (Å²) in [7, 11) is 0. The lowest BCUT2D eigenvalue weighted by Gasteiger charge is -2.31. The summed E-state index contributed by atoms with van der Waals surface area (Å²) in [6.07, 6.45) is 1.40. The number of nitrogens with one attached hydrogen (secondary N) is 2. The van der Waals surface area contributed by atoms with Crippen LogP contribution in [0.4, 0.5) is 19.3 Å². The standard InChI is InChI=1S/C16H21F2N3O2/c1-11(22)21-9-7-14(8-10-21)20-15(23)19-13-5-3-12(4-6-13)16(2,17)18/h3-6,14H,7-10H2,1-2H3,(H2,19,20,23). The van der Waals surface area contributed by atoms with Crippen LogP contribution in [0.25, 0.3) is 0 Å². The smallest absolute Gasteiger partial charge is 0.319 e. The van der Waals surface area contributed by atoms with Gasteiger partial charge in [-0.05, 0) is 25.0 Å². The van der Waals surface area contributed by atoms with Crippen LogP contribution in [0.1, 0.15) is 32.3 Å². The van der Waals surface area contributed by atoms with E-state index in [0.717, 1.165) is 6.92 Å². The fourth-order valence-corrected chi connectivity index (χ4v) is 2.54. The van der Waals surface area contributed by atoms with Crippen molar-refractivity contribution in [3.8, 4) is 0 Å². The third kappa shape index (κ3) is 4.91. The highest BCUT2D eigenvalue weighted by Gasteiger charge is 2.24. The molecule has 1 saturated heterocycles. The predicted octanol–water partition coefficient (Wildman–Crippen LogP) is 2.93. The van der Waals surface area contributed by atoms with Crippen LogP contribution in [0.15, 0.2) is 24.3 Å². The third-order valence-corrected chi connectivity index (χ3v) is 3.93. The number of hydrogen-bond donors (Lipinski definition) is 2. The van der Waals surface area contributed by atoms with Crippen LogP contribution < -0.4 is 10.6 Å². The van der Waals surface area contributed by atoms with Gasteiger partial charge in [-0.15, -0.1) is 0 Å². The van der Waals surface area contributed by atoms with Crippen molar-refractivity contribution in [3.05, 3.63) is 29.8 Å². The molecule has 0 spiro atoms. The first-order valence-corrected chi connectivity index (χ1v) is 7.57. The molecule has 23 heavy (non-hydrogen) atoms. The average Bonchev–Trinajstić information content (AvgIpc) is 2.47. The Balaban J connectivity index is 1.82. The Labute approximate surface area is 134 Å². The zero-order valence-corrected chi connectivity index (χ0v) is 13.2. The van der Waals surface area contributed by atoms with E-state index in [1.165, 1.54) is 31.2 Å². The summed E-state index contributed by atoms with van der Waals surface area (Å²) in [5.41, 5.74) is 0.358. The van der Waals surface area contributed by atoms with Crippen molar-refractivity contribution in [3.63, 3.8) is 0 Å². The Kier molecular flexibility index (Phi) is 5.18. The number of anilines is 1. The zero-order chi connectivity index (χ0) is 17.0. The van der Waals surface area contributed by atoms with E-state index in [9.17, 15) is 18.4 Å². The van der Waals surface area contributed by atoms with Crippen molar-refractivity contribution in [1.82, 2.24) is 10.2 Å². The highest BCUT2D eigenvalue weighted by molar-refractivity contribution is 5.89. The maximum Gasteiger partial charge on any atom is 0.319 e. The highest BCUT2D eigenvalue weighted by Crippen LogP contribution is 2.27. The number of nitrogens with zero attached hydrogens (tertiary/aromatic N) is 1. The highest BCUT2D eigenvalue weighted by atomic mass is 19.3. The summed E-state index contributed by atoms with van der Waals surface area (Å²) in [6, 6.07) is 5.12. The van der Waals surface area contributed by atoms with Gasteiger partial charge in [-0.1, -0.05) is 12.1 Å². The van der Waals surface area contributed by atoms with Crippen LogP contribution in [0.2, 0.25) is 0 Å². The number of piperidine rings is 1. The minimum absolute atomic E-state index is 0.00449. The van der Waals surface area contributed by atoms with E-state index < -0.39 is 5.92 Å². The molecule has 1 aliphatic heterocycles. The molecule has 5 nitrogen and oxygen atoms in total. The fourth-order valence-electron chi connectivity index (χ4n) is 2.54. The molecule has 0 aromatic heterocycles. The number of benzene rings is 1. The first-order chi connectivity index (χ1) is 10.8. The van der Waals surface area contributed by atoms with E-state index in [4.69, 9.17) is 0 Å². The number of likely N-dealkylation sites (tertiary alicyclic amines) is 1. The average molecular weight is 325 g/mol. The second-order valence-corrected chi connectivity index (χ2v) is 5.84. The van der Waals surface area contributed by atoms with Gasteiger partial charge in [-0.3, -0.25) is 4.79 Å². The van der Waals surface area contributed by atoms with Crippen molar-refractivity contribution in [2.75, 3.05) is 18.4 Å². The van der Waals surface area contributed by atoms with Gasteiger partial charge in [0.05, 0.1) is 0 Å². The van der Waals surface area contributed by atoms with E-state index >= 15 is 0 Å². The lowest BCUT2D eigenvalue weighted by molar-refractivity contribution is -0.129. The van der Waals surface area contributed by atoms with E-state index in [2.05, 4.69) is 10.6 Å². The summed E-state index contributed by atoms with van der Waals surface area (Å²) in [5.74, 6) is -2.86. The maximum absolute atomic E-state index is 13.1. The first kappa shape index (κ1) is 17.2. The van der Waals surface area contributed by atoms with Crippen LogP contribution in [-0.2, 0) is 10.7 Å². The van der Waals surface area contributed by atoms with Crippen LogP contribution in [0.3, 0.4) is 0 Å². The molecule has 2 N–H and O–H groups in total. The largest absolute Gasteiger partial charge is 0.343 e. The summed E-state index contributed by atoms with van der Waals surface area (Å²) in [5, 5.41) is 5.46. The topological polar surface area (TPSA) is 61.4 Å². The minimum atomic E-state index is -2.90. The molecule has 126 valence electrons. The van der Waals surface area contributed by atoms with Crippen molar-refractivity contribution in [2.45, 2.75) is 38.7 Å². The van der Waals surface area contributed by atoms with Crippen LogP contribution in [-0.4, -0.2) is 36.0 Å². The molecular weight excluding hydrogens is 304 g/mol. The minimum Gasteiger partial charge on any atom is -0.343 e. The summed E-state index contributed by atoms with van der Waals surface area (Å²) >= 11 is 0. The quantitative estimate of drug-likeness (QED) is 0.897. The Bertz CT molecular complexity index is 562. The Morgan fingerprint density at radius 2 is 1.74 bits per heavy atom. The molecule has 0 saturated carbocycles. The predicted molar refractivity (Wildman–Crippen MR) is 83.4 cm³/mol. The lowest BCUT2D eigenvalue weighted by atomic mass is 10.1. The number of carbonyl (C=O) groups excluding carboxylic acids is 2. The van der Waals surface area contributed by atoms with Gasteiger partial charge in [0.1, 0.15) is 0 Å². The Morgan fingerprint density at radius 3 is 2.22 bits per heavy atom. The summed E-state index contributed by atoms with van der Waals surface area (Å²) < 4.78 is 26.2. The molecule has 1 fully saturated rings. The lowest BCUT2D eigenvalue weighted by Crippen LogP contribution is -2.47. The van der Waals surface area contributed by atoms with Gasteiger partial charge < -0.3 is 15.5 Å². The molecule has 0 bridgehead atoms. The van der Waals surface area contributed by atoms with E-state index in [1.807, 2.05) is 0 Å². The van der Waals surface area contributed by atoms with Gasteiger partial charge in [0, 0.05) is 44.2 Å². The summed E-state index contributed by atoms with van der Waals surface area (Å²) in [4.78, 5) is 24.9. The molecule has 0 unspecified atom stereocenters. The molecule has 0 radical (unpaired) electrons. The number of carbonyl (C=O) groups is 2. The van der Waals surface area contributed by atoms with E-state index in [1.54, 1.807) is 4.90 Å². The molecule has 0 atom stereocenters. The number of halogens is 2. The van der Waals surface area contributed by atoms with Gasteiger partial charge in [0.15, 0.2) is 0 Å². The van der Waals surface area contributed by atoms with Gasteiger partial charge >= 0.3 is 6.03 Å². The number of alkyl halides is 2. The van der Waals surface area contributed by atoms with Gasteiger partial charge in [0.2, 0.25) is 5.91 Å². The molecule has 3 amide bonds.